The fourth-order valence-electron chi connectivity index (χ4n) is 3.83. The molecule has 0 bridgehead atoms. The van der Waals surface area contributed by atoms with Crippen LogP contribution in [0.2, 0.25) is 0 Å². The topological polar surface area (TPSA) is 131 Å². The quantitative estimate of drug-likeness (QED) is 0.787. The van der Waals surface area contributed by atoms with Gasteiger partial charge in [0, 0.05) is 19.6 Å². The Labute approximate surface area is 161 Å². The first-order chi connectivity index (χ1) is 13.4. The molecular formula is C19H21N3O6. The van der Waals surface area contributed by atoms with Gasteiger partial charge >= 0.3 is 12.1 Å². The maximum atomic E-state index is 12.3. The lowest BCUT2D eigenvalue weighted by atomic mass is 9.82. The summed E-state index contributed by atoms with van der Waals surface area (Å²) in [7, 11) is 0. The molecule has 0 aromatic heterocycles. The van der Waals surface area contributed by atoms with Gasteiger partial charge in [-0.15, -0.1) is 0 Å². The normalized spacial score (nSPS) is 21.5. The zero-order valence-electron chi connectivity index (χ0n) is 15.2. The number of carbonyl (C=O) groups is 3. The molecule has 2 aliphatic rings. The molecule has 0 spiro atoms. The number of hydrogen-bond donors (Lipinski definition) is 2. The molecule has 148 valence electrons. The minimum absolute atomic E-state index is 0.0137. The summed E-state index contributed by atoms with van der Waals surface area (Å²) in [6.07, 6.45) is 0.523. The van der Waals surface area contributed by atoms with Gasteiger partial charge in [-0.05, 0) is 43.4 Å². The molecular weight excluding hydrogens is 366 g/mol. The molecule has 3 rings (SSSR count). The van der Waals surface area contributed by atoms with E-state index in [9.17, 15) is 19.5 Å². The summed E-state index contributed by atoms with van der Waals surface area (Å²) < 4.78 is 5.41. The second-order valence-electron chi connectivity index (χ2n) is 6.99. The van der Waals surface area contributed by atoms with E-state index in [-0.39, 0.29) is 25.0 Å². The minimum atomic E-state index is -1.10. The first-order valence-electron chi connectivity index (χ1n) is 9.08. The van der Waals surface area contributed by atoms with Crippen molar-refractivity contribution in [1.29, 1.82) is 5.26 Å². The average molecular weight is 387 g/mol. The van der Waals surface area contributed by atoms with Gasteiger partial charge in [0.25, 0.3) is 5.91 Å². The van der Waals surface area contributed by atoms with Crippen molar-refractivity contribution in [3.8, 4) is 11.8 Å². The SMILES string of the molecule is N#Cc1ccc2c(c1)N(CCCC1CCN(C(=O)O)CC1C(=O)O)C(=O)CO2. The van der Waals surface area contributed by atoms with Gasteiger partial charge in [-0.1, -0.05) is 0 Å². The largest absolute Gasteiger partial charge is 0.482 e. The molecule has 2 aliphatic heterocycles. The molecule has 1 aromatic rings. The molecule has 0 aliphatic carbocycles. The van der Waals surface area contributed by atoms with Crippen molar-refractivity contribution < 1.29 is 29.3 Å². The van der Waals surface area contributed by atoms with E-state index in [2.05, 4.69) is 0 Å². The van der Waals surface area contributed by atoms with E-state index in [0.717, 1.165) is 4.90 Å². The Kier molecular flexibility index (Phi) is 5.68. The summed E-state index contributed by atoms with van der Waals surface area (Å²) in [6.45, 7) is 0.609. The van der Waals surface area contributed by atoms with Crippen molar-refractivity contribution in [2.75, 3.05) is 31.1 Å². The van der Waals surface area contributed by atoms with Crippen molar-refractivity contribution >= 4 is 23.7 Å². The molecule has 2 atom stereocenters. The lowest BCUT2D eigenvalue weighted by Gasteiger charge is -2.35. The van der Waals surface area contributed by atoms with Crippen LogP contribution in [-0.2, 0) is 9.59 Å². The molecule has 28 heavy (non-hydrogen) atoms. The fourth-order valence-corrected chi connectivity index (χ4v) is 3.83. The number of carboxylic acid groups (broad SMARTS) is 2. The molecule has 9 heteroatoms. The number of ether oxygens (including phenoxy) is 1. The third kappa shape index (κ3) is 4.01. The van der Waals surface area contributed by atoms with Crippen LogP contribution in [0.4, 0.5) is 10.5 Å². The van der Waals surface area contributed by atoms with E-state index < -0.39 is 18.0 Å². The Bertz CT molecular complexity index is 833. The van der Waals surface area contributed by atoms with Crippen molar-refractivity contribution in [3.63, 3.8) is 0 Å². The molecule has 0 radical (unpaired) electrons. The number of hydrogen-bond acceptors (Lipinski definition) is 5. The number of nitrogens with zero attached hydrogens (tertiary/aromatic N) is 3. The number of rotatable bonds is 5. The summed E-state index contributed by atoms with van der Waals surface area (Å²) >= 11 is 0. The van der Waals surface area contributed by atoms with Crippen LogP contribution in [0.15, 0.2) is 18.2 Å². The highest BCUT2D eigenvalue weighted by Crippen LogP contribution is 2.34. The summed E-state index contributed by atoms with van der Waals surface area (Å²) in [5, 5.41) is 27.6. The van der Waals surface area contributed by atoms with Crippen LogP contribution in [0.5, 0.6) is 5.75 Å². The van der Waals surface area contributed by atoms with Crippen molar-refractivity contribution in [2.24, 2.45) is 11.8 Å². The number of nitriles is 1. The molecule has 0 saturated carbocycles. The Morgan fingerprint density at radius 3 is 2.79 bits per heavy atom. The van der Waals surface area contributed by atoms with Crippen molar-refractivity contribution in [3.05, 3.63) is 23.8 Å². The maximum Gasteiger partial charge on any atom is 0.407 e. The van der Waals surface area contributed by atoms with Crippen LogP contribution in [0.1, 0.15) is 24.8 Å². The number of carbonyl (C=O) groups excluding carboxylic acids is 1. The van der Waals surface area contributed by atoms with Crippen LogP contribution in [0.3, 0.4) is 0 Å². The standard InChI is InChI=1S/C19H21N3O6/c20-9-12-3-4-16-15(8-12)22(17(23)11-28-16)6-1-2-13-5-7-21(19(26)27)10-14(13)18(24)25/h3-4,8,13-14H,1-2,5-7,10-11H2,(H,24,25)(H,26,27). The number of carboxylic acids is 1. The van der Waals surface area contributed by atoms with E-state index in [1.165, 1.54) is 0 Å². The van der Waals surface area contributed by atoms with Gasteiger partial charge in [0.1, 0.15) is 5.75 Å². The second-order valence-corrected chi connectivity index (χ2v) is 6.99. The van der Waals surface area contributed by atoms with Crippen LogP contribution in [0, 0.1) is 23.2 Å². The third-order valence-corrected chi connectivity index (χ3v) is 5.33. The molecule has 1 fully saturated rings. The minimum Gasteiger partial charge on any atom is -0.482 e. The first-order valence-corrected chi connectivity index (χ1v) is 9.08. The highest BCUT2D eigenvalue weighted by molar-refractivity contribution is 5.98. The Balaban J connectivity index is 1.65. The van der Waals surface area contributed by atoms with Crippen LogP contribution >= 0.6 is 0 Å². The number of benzene rings is 1. The monoisotopic (exact) mass is 387 g/mol. The number of aliphatic carboxylic acids is 1. The Morgan fingerprint density at radius 1 is 1.32 bits per heavy atom. The van der Waals surface area contributed by atoms with E-state index in [1.807, 2.05) is 6.07 Å². The summed E-state index contributed by atoms with van der Waals surface area (Å²) in [5.74, 6) is -1.56. The number of likely N-dealkylation sites (tertiary alicyclic amines) is 1. The number of piperidine rings is 1. The van der Waals surface area contributed by atoms with E-state index in [4.69, 9.17) is 15.1 Å². The Hall–Kier alpha value is -3.28. The molecule has 2 heterocycles. The molecule has 2 amide bonds. The third-order valence-electron chi connectivity index (χ3n) is 5.33. The highest BCUT2D eigenvalue weighted by Gasteiger charge is 2.36. The predicted octanol–water partition coefficient (Wildman–Crippen LogP) is 1.76. The van der Waals surface area contributed by atoms with Crippen molar-refractivity contribution in [2.45, 2.75) is 19.3 Å². The molecule has 9 nitrogen and oxygen atoms in total. The number of fused-ring (bicyclic) bond motifs is 1. The molecule has 2 unspecified atom stereocenters. The summed E-state index contributed by atoms with van der Waals surface area (Å²) in [4.78, 5) is 37.7. The molecule has 1 saturated heterocycles. The summed E-state index contributed by atoms with van der Waals surface area (Å²) in [6, 6.07) is 6.94. The number of anilines is 1. The van der Waals surface area contributed by atoms with E-state index in [1.54, 1.807) is 23.1 Å². The van der Waals surface area contributed by atoms with Gasteiger partial charge in [0.2, 0.25) is 0 Å². The van der Waals surface area contributed by atoms with E-state index in [0.29, 0.717) is 49.4 Å². The molecule has 2 N–H and O–H groups in total. The van der Waals surface area contributed by atoms with E-state index >= 15 is 0 Å². The van der Waals surface area contributed by atoms with Gasteiger partial charge in [-0.25, -0.2) is 4.79 Å². The number of amides is 2. The maximum absolute atomic E-state index is 12.3. The lowest BCUT2D eigenvalue weighted by Crippen LogP contribution is -2.46. The van der Waals surface area contributed by atoms with Crippen LogP contribution < -0.4 is 9.64 Å². The fraction of sp³-hybridized carbons (Fsp3) is 0.474. The van der Waals surface area contributed by atoms with Gasteiger partial charge in [0.15, 0.2) is 6.61 Å². The Morgan fingerprint density at radius 2 is 2.11 bits per heavy atom. The predicted molar refractivity (Wildman–Crippen MR) is 97.1 cm³/mol. The zero-order chi connectivity index (χ0) is 20.3. The smallest absolute Gasteiger partial charge is 0.407 e. The van der Waals surface area contributed by atoms with Crippen LogP contribution in [0.25, 0.3) is 0 Å². The molecule has 1 aromatic carbocycles. The summed E-state index contributed by atoms with van der Waals surface area (Å²) in [5.41, 5.74) is 0.972. The zero-order valence-corrected chi connectivity index (χ0v) is 15.2. The van der Waals surface area contributed by atoms with Crippen LogP contribution in [-0.4, -0.2) is 59.3 Å². The van der Waals surface area contributed by atoms with Crippen molar-refractivity contribution in [1.82, 2.24) is 4.90 Å². The first kappa shape index (κ1) is 19.5. The van der Waals surface area contributed by atoms with Gasteiger partial charge in [-0.3, -0.25) is 9.59 Å². The average Bonchev–Trinajstić information content (AvgIpc) is 2.69. The van der Waals surface area contributed by atoms with Gasteiger partial charge in [0.05, 0.1) is 23.2 Å². The second kappa shape index (κ2) is 8.17. The van der Waals surface area contributed by atoms with Gasteiger partial charge in [-0.2, -0.15) is 5.26 Å². The highest BCUT2D eigenvalue weighted by atomic mass is 16.5. The van der Waals surface area contributed by atoms with Gasteiger partial charge < -0.3 is 24.7 Å². The lowest BCUT2D eigenvalue weighted by molar-refractivity contribution is -0.145.